The van der Waals surface area contributed by atoms with Crippen molar-refractivity contribution in [3.8, 4) is 17.3 Å². The van der Waals surface area contributed by atoms with Crippen molar-refractivity contribution in [2.24, 2.45) is 0 Å². The van der Waals surface area contributed by atoms with Crippen molar-refractivity contribution in [2.75, 3.05) is 19.0 Å². The standard InChI is InChI=1S/C16H13BrN4/c1-20(2)14-5-3-11(4-6-14)15-10-21-9-13(17)7-12(8-18)16(21)19-15/h3-7,9-10H,1-2H3. The number of nitriles is 1. The first-order valence-electron chi connectivity index (χ1n) is 6.44. The van der Waals surface area contributed by atoms with Crippen molar-refractivity contribution < 1.29 is 0 Å². The Morgan fingerprint density at radius 2 is 1.90 bits per heavy atom. The summed E-state index contributed by atoms with van der Waals surface area (Å²) in [7, 11) is 4.02. The molecule has 0 aliphatic heterocycles. The van der Waals surface area contributed by atoms with E-state index in [0.29, 0.717) is 11.2 Å². The molecule has 104 valence electrons. The van der Waals surface area contributed by atoms with Gasteiger partial charge in [-0.05, 0) is 34.1 Å². The summed E-state index contributed by atoms with van der Waals surface area (Å²) in [5.41, 5.74) is 4.26. The number of nitrogens with zero attached hydrogens (tertiary/aromatic N) is 4. The third-order valence-electron chi connectivity index (χ3n) is 3.32. The zero-order valence-electron chi connectivity index (χ0n) is 11.7. The molecule has 0 aliphatic carbocycles. The lowest BCUT2D eigenvalue weighted by atomic mass is 10.1. The van der Waals surface area contributed by atoms with Crippen molar-refractivity contribution in [1.29, 1.82) is 5.26 Å². The summed E-state index contributed by atoms with van der Waals surface area (Å²) in [6.45, 7) is 0. The van der Waals surface area contributed by atoms with Crippen LogP contribution in [0.4, 0.5) is 5.69 Å². The summed E-state index contributed by atoms with van der Waals surface area (Å²) in [5, 5.41) is 9.21. The van der Waals surface area contributed by atoms with Crippen LogP contribution in [0.25, 0.3) is 16.9 Å². The highest BCUT2D eigenvalue weighted by Crippen LogP contribution is 2.24. The number of pyridine rings is 1. The van der Waals surface area contributed by atoms with E-state index in [4.69, 9.17) is 0 Å². The first kappa shape index (κ1) is 13.7. The summed E-state index contributed by atoms with van der Waals surface area (Å²) in [6.07, 6.45) is 3.84. The molecule has 2 aromatic heterocycles. The van der Waals surface area contributed by atoms with Crippen molar-refractivity contribution in [3.63, 3.8) is 0 Å². The Bertz CT molecular complexity index is 841. The number of fused-ring (bicyclic) bond motifs is 1. The van der Waals surface area contributed by atoms with Gasteiger partial charge in [-0.25, -0.2) is 4.98 Å². The fourth-order valence-corrected chi connectivity index (χ4v) is 2.67. The second kappa shape index (κ2) is 5.23. The van der Waals surface area contributed by atoms with E-state index in [0.717, 1.165) is 21.4 Å². The lowest BCUT2D eigenvalue weighted by Gasteiger charge is -2.12. The largest absolute Gasteiger partial charge is 0.378 e. The predicted octanol–water partition coefficient (Wildman–Crippen LogP) is 3.70. The molecule has 0 aliphatic rings. The SMILES string of the molecule is CN(C)c1ccc(-c2cn3cc(Br)cc(C#N)c3n2)cc1. The van der Waals surface area contributed by atoms with E-state index in [1.54, 1.807) is 6.07 Å². The molecule has 0 amide bonds. The molecule has 0 bridgehead atoms. The second-order valence-corrected chi connectivity index (χ2v) is 5.90. The number of aromatic nitrogens is 2. The van der Waals surface area contributed by atoms with Gasteiger partial charge in [0.2, 0.25) is 0 Å². The monoisotopic (exact) mass is 340 g/mol. The van der Waals surface area contributed by atoms with E-state index >= 15 is 0 Å². The highest BCUT2D eigenvalue weighted by molar-refractivity contribution is 9.10. The van der Waals surface area contributed by atoms with E-state index in [2.05, 4.69) is 44.0 Å². The average Bonchev–Trinajstić information content (AvgIpc) is 2.90. The molecular weight excluding hydrogens is 328 g/mol. The van der Waals surface area contributed by atoms with E-state index in [-0.39, 0.29) is 0 Å². The highest BCUT2D eigenvalue weighted by Gasteiger charge is 2.09. The zero-order valence-corrected chi connectivity index (χ0v) is 13.3. The molecule has 0 atom stereocenters. The topological polar surface area (TPSA) is 44.3 Å². The first-order valence-corrected chi connectivity index (χ1v) is 7.24. The van der Waals surface area contributed by atoms with Gasteiger partial charge in [0, 0.05) is 42.2 Å². The number of hydrogen-bond donors (Lipinski definition) is 0. The van der Waals surface area contributed by atoms with Crippen molar-refractivity contribution in [3.05, 3.63) is 52.8 Å². The molecule has 0 radical (unpaired) electrons. The summed E-state index contributed by atoms with van der Waals surface area (Å²) in [5.74, 6) is 0. The van der Waals surface area contributed by atoms with Crippen LogP contribution in [-0.4, -0.2) is 23.5 Å². The maximum atomic E-state index is 9.21. The smallest absolute Gasteiger partial charge is 0.155 e. The second-order valence-electron chi connectivity index (χ2n) is 4.98. The zero-order chi connectivity index (χ0) is 15.0. The molecule has 0 spiro atoms. The quantitative estimate of drug-likeness (QED) is 0.714. The predicted molar refractivity (Wildman–Crippen MR) is 87.4 cm³/mol. The van der Waals surface area contributed by atoms with Crippen molar-refractivity contribution in [2.45, 2.75) is 0 Å². The molecule has 4 nitrogen and oxygen atoms in total. The minimum atomic E-state index is 0.556. The van der Waals surface area contributed by atoms with Gasteiger partial charge in [0.15, 0.2) is 5.65 Å². The Hall–Kier alpha value is -2.32. The third kappa shape index (κ3) is 2.50. The molecule has 1 aromatic carbocycles. The molecular formula is C16H13BrN4. The maximum absolute atomic E-state index is 9.21. The summed E-state index contributed by atoms with van der Waals surface area (Å²) < 4.78 is 2.73. The average molecular weight is 341 g/mol. The van der Waals surface area contributed by atoms with Gasteiger partial charge in [0.25, 0.3) is 0 Å². The van der Waals surface area contributed by atoms with Crippen LogP contribution in [0.5, 0.6) is 0 Å². The van der Waals surface area contributed by atoms with Crippen LogP contribution >= 0.6 is 15.9 Å². The Morgan fingerprint density at radius 1 is 1.19 bits per heavy atom. The van der Waals surface area contributed by atoms with E-state index in [1.807, 2.05) is 43.0 Å². The molecule has 0 saturated heterocycles. The van der Waals surface area contributed by atoms with Gasteiger partial charge in [0.05, 0.1) is 11.3 Å². The molecule has 0 N–H and O–H groups in total. The third-order valence-corrected chi connectivity index (χ3v) is 3.75. The summed E-state index contributed by atoms with van der Waals surface area (Å²) in [4.78, 5) is 6.63. The Kier molecular flexibility index (Phi) is 3.40. The number of benzene rings is 1. The first-order chi connectivity index (χ1) is 10.1. The number of halogens is 1. The molecule has 0 saturated carbocycles. The number of imidazole rings is 1. The molecule has 5 heteroatoms. The van der Waals surface area contributed by atoms with E-state index in [1.165, 1.54) is 0 Å². The fraction of sp³-hybridized carbons (Fsp3) is 0.125. The molecule has 3 rings (SSSR count). The van der Waals surface area contributed by atoms with Crippen LogP contribution in [0.1, 0.15) is 5.56 Å². The van der Waals surface area contributed by atoms with Gasteiger partial charge >= 0.3 is 0 Å². The lowest BCUT2D eigenvalue weighted by Crippen LogP contribution is -2.07. The van der Waals surface area contributed by atoms with Gasteiger partial charge in [-0.15, -0.1) is 0 Å². The van der Waals surface area contributed by atoms with Crippen LogP contribution in [-0.2, 0) is 0 Å². The maximum Gasteiger partial charge on any atom is 0.155 e. The van der Waals surface area contributed by atoms with Crippen LogP contribution in [0.2, 0.25) is 0 Å². The van der Waals surface area contributed by atoms with E-state index in [9.17, 15) is 5.26 Å². The number of rotatable bonds is 2. The van der Waals surface area contributed by atoms with Crippen LogP contribution in [0.15, 0.2) is 47.2 Å². The Labute approximate surface area is 131 Å². The molecule has 3 aromatic rings. The van der Waals surface area contributed by atoms with Crippen LogP contribution in [0.3, 0.4) is 0 Å². The molecule has 21 heavy (non-hydrogen) atoms. The van der Waals surface area contributed by atoms with Crippen molar-refractivity contribution >= 4 is 27.3 Å². The summed E-state index contributed by atoms with van der Waals surface area (Å²) in [6, 6.07) is 12.2. The Morgan fingerprint density at radius 3 is 2.52 bits per heavy atom. The van der Waals surface area contributed by atoms with Crippen LogP contribution < -0.4 is 4.90 Å². The normalized spacial score (nSPS) is 10.6. The molecule has 2 heterocycles. The van der Waals surface area contributed by atoms with E-state index < -0.39 is 0 Å². The number of hydrogen-bond acceptors (Lipinski definition) is 3. The van der Waals surface area contributed by atoms with Gasteiger partial charge in [-0.2, -0.15) is 5.26 Å². The van der Waals surface area contributed by atoms with Gasteiger partial charge < -0.3 is 9.30 Å². The minimum absolute atomic E-state index is 0.556. The highest BCUT2D eigenvalue weighted by atomic mass is 79.9. The van der Waals surface area contributed by atoms with Crippen LogP contribution in [0, 0.1) is 11.3 Å². The van der Waals surface area contributed by atoms with Gasteiger partial charge in [-0.3, -0.25) is 0 Å². The molecule has 0 fully saturated rings. The van der Waals surface area contributed by atoms with Crippen molar-refractivity contribution in [1.82, 2.24) is 9.38 Å². The Balaban J connectivity index is 2.11. The number of anilines is 1. The van der Waals surface area contributed by atoms with Gasteiger partial charge in [-0.1, -0.05) is 12.1 Å². The van der Waals surface area contributed by atoms with Gasteiger partial charge in [0.1, 0.15) is 6.07 Å². The lowest BCUT2D eigenvalue weighted by molar-refractivity contribution is 1.13. The summed E-state index contributed by atoms with van der Waals surface area (Å²) >= 11 is 3.41. The minimum Gasteiger partial charge on any atom is -0.378 e. The molecule has 0 unspecified atom stereocenters. The fourth-order valence-electron chi connectivity index (χ4n) is 2.22.